The highest BCUT2D eigenvalue weighted by Gasteiger charge is 2.18. The molecular weight excluding hydrogens is 445 g/mol. The molecule has 182 valence electrons. The SMILES string of the molecule is O=C(Cn1ncc2c3ccccc3n(Cc3ccccc3F)c2c1=O)NCCCN1CCCCC1. The number of carbonyl (C=O) groups excluding carboxylic acids is 1. The maximum absolute atomic E-state index is 14.4. The van der Waals surface area contributed by atoms with Crippen LogP contribution in [0, 0.1) is 5.82 Å². The van der Waals surface area contributed by atoms with Gasteiger partial charge >= 0.3 is 0 Å². The smallest absolute Gasteiger partial charge is 0.291 e. The molecule has 0 bridgehead atoms. The molecular formula is C27H30FN5O2. The minimum absolute atomic E-state index is 0.153. The third kappa shape index (κ3) is 4.98. The summed E-state index contributed by atoms with van der Waals surface area (Å²) in [6.45, 7) is 3.86. The quantitative estimate of drug-likeness (QED) is 0.396. The van der Waals surface area contributed by atoms with Gasteiger partial charge in [0, 0.05) is 28.4 Å². The van der Waals surface area contributed by atoms with Crippen LogP contribution in [-0.4, -0.2) is 51.3 Å². The number of nitrogens with zero attached hydrogens (tertiary/aromatic N) is 4. The number of rotatable bonds is 8. The Morgan fingerprint density at radius 1 is 1.00 bits per heavy atom. The Hall–Kier alpha value is -3.52. The van der Waals surface area contributed by atoms with E-state index in [0.717, 1.165) is 37.0 Å². The number of piperidine rings is 1. The molecule has 0 unspecified atom stereocenters. The van der Waals surface area contributed by atoms with Gasteiger partial charge in [0.05, 0.1) is 12.7 Å². The standard InChI is InChI=1S/C27H30FN5O2/c28-23-11-4-2-9-20(23)18-32-24-12-5-3-10-21(24)22-17-30-33(27(35)26(22)32)19-25(34)29-13-8-16-31-14-6-1-7-15-31/h2-5,9-12,17H,1,6-8,13-16,18-19H2,(H,29,34). The summed E-state index contributed by atoms with van der Waals surface area (Å²) in [4.78, 5) is 28.5. The zero-order valence-electron chi connectivity index (χ0n) is 19.8. The first kappa shape index (κ1) is 23.2. The second kappa shape index (κ2) is 10.4. The average molecular weight is 476 g/mol. The molecule has 2 aromatic carbocycles. The van der Waals surface area contributed by atoms with Crippen molar-refractivity contribution in [1.82, 2.24) is 24.6 Å². The predicted molar refractivity (Wildman–Crippen MR) is 135 cm³/mol. The molecule has 1 aliphatic rings. The summed E-state index contributed by atoms with van der Waals surface area (Å²) in [5.74, 6) is -0.564. The van der Waals surface area contributed by atoms with Gasteiger partial charge < -0.3 is 14.8 Å². The highest BCUT2D eigenvalue weighted by molar-refractivity contribution is 6.07. The van der Waals surface area contributed by atoms with Gasteiger partial charge in [-0.2, -0.15) is 5.10 Å². The number of halogens is 1. The molecule has 3 heterocycles. The van der Waals surface area contributed by atoms with Gasteiger partial charge in [-0.15, -0.1) is 0 Å². The van der Waals surface area contributed by atoms with Crippen molar-refractivity contribution in [2.75, 3.05) is 26.2 Å². The van der Waals surface area contributed by atoms with Gasteiger partial charge in [0.2, 0.25) is 5.91 Å². The number of likely N-dealkylation sites (tertiary alicyclic amines) is 1. The Kier molecular flexibility index (Phi) is 6.90. The number of hydrogen-bond donors (Lipinski definition) is 1. The van der Waals surface area contributed by atoms with E-state index in [2.05, 4.69) is 15.3 Å². The average Bonchev–Trinajstić information content (AvgIpc) is 3.20. The maximum atomic E-state index is 14.4. The van der Waals surface area contributed by atoms with E-state index in [1.54, 1.807) is 24.4 Å². The summed E-state index contributed by atoms with van der Waals surface area (Å²) in [5, 5.41) is 8.76. The molecule has 35 heavy (non-hydrogen) atoms. The van der Waals surface area contributed by atoms with Gasteiger partial charge in [-0.1, -0.05) is 42.8 Å². The van der Waals surface area contributed by atoms with Crippen LogP contribution in [0.1, 0.15) is 31.2 Å². The molecule has 4 aromatic rings. The molecule has 5 rings (SSSR count). The first-order valence-corrected chi connectivity index (χ1v) is 12.3. The van der Waals surface area contributed by atoms with Crippen molar-refractivity contribution in [2.24, 2.45) is 0 Å². The molecule has 0 saturated carbocycles. The monoisotopic (exact) mass is 475 g/mol. The van der Waals surface area contributed by atoms with Gasteiger partial charge in [0.1, 0.15) is 17.9 Å². The summed E-state index contributed by atoms with van der Waals surface area (Å²) in [6, 6.07) is 14.2. The second-order valence-electron chi connectivity index (χ2n) is 9.17. The fourth-order valence-corrected chi connectivity index (χ4v) is 4.97. The predicted octanol–water partition coefficient (Wildman–Crippen LogP) is 3.53. The van der Waals surface area contributed by atoms with Crippen LogP contribution in [-0.2, 0) is 17.9 Å². The Morgan fingerprint density at radius 2 is 1.77 bits per heavy atom. The van der Waals surface area contributed by atoms with Crippen LogP contribution >= 0.6 is 0 Å². The molecule has 1 saturated heterocycles. The number of hydrogen-bond acceptors (Lipinski definition) is 4. The lowest BCUT2D eigenvalue weighted by atomic mass is 10.1. The van der Waals surface area contributed by atoms with E-state index in [-0.39, 0.29) is 30.4 Å². The second-order valence-corrected chi connectivity index (χ2v) is 9.17. The molecule has 8 heteroatoms. The fraction of sp³-hybridized carbons (Fsp3) is 0.370. The van der Waals surface area contributed by atoms with E-state index in [4.69, 9.17) is 0 Å². The van der Waals surface area contributed by atoms with Gasteiger partial charge in [0.15, 0.2) is 0 Å². The van der Waals surface area contributed by atoms with Crippen molar-refractivity contribution in [3.8, 4) is 0 Å². The van der Waals surface area contributed by atoms with Crippen molar-refractivity contribution in [3.05, 3.63) is 76.5 Å². The maximum Gasteiger partial charge on any atom is 0.291 e. The molecule has 0 atom stereocenters. The van der Waals surface area contributed by atoms with Crippen LogP contribution < -0.4 is 10.9 Å². The zero-order chi connectivity index (χ0) is 24.2. The molecule has 1 N–H and O–H groups in total. The van der Waals surface area contributed by atoms with E-state index >= 15 is 0 Å². The van der Waals surface area contributed by atoms with Crippen LogP contribution in [0.2, 0.25) is 0 Å². The van der Waals surface area contributed by atoms with Crippen LogP contribution in [0.3, 0.4) is 0 Å². The molecule has 7 nitrogen and oxygen atoms in total. The van der Waals surface area contributed by atoms with Crippen LogP contribution in [0.5, 0.6) is 0 Å². The number of aromatic nitrogens is 3. The Morgan fingerprint density at radius 3 is 2.60 bits per heavy atom. The van der Waals surface area contributed by atoms with Gasteiger partial charge in [-0.05, 0) is 51.0 Å². The number of nitrogens with one attached hydrogen (secondary N) is 1. The lowest BCUT2D eigenvalue weighted by Gasteiger charge is -2.26. The van der Waals surface area contributed by atoms with Crippen molar-refractivity contribution < 1.29 is 9.18 Å². The Labute approximate surface area is 203 Å². The largest absolute Gasteiger partial charge is 0.354 e. The van der Waals surface area contributed by atoms with Crippen molar-refractivity contribution >= 4 is 27.7 Å². The number of fused-ring (bicyclic) bond motifs is 3. The first-order chi connectivity index (χ1) is 17.1. The van der Waals surface area contributed by atoms with Gasteiger partial charge in [0.25, 0.3) is 5.56 Å². The number of para-hydroxylation sites is 1. The molecule has 1 fully saturated rings. The fourth-order valence-electron chi connectivity index (χ4n) is 4.97. The summed E-state index contributed by atoms with van der Waals surface area (Å²) in [5.41, 5.74) is 1.37. The first-order valence-electron chi connectivity index (χ1n) is 12.3. The van der Waals surface area contributed by atoms with Crippen molar-refractivity contribution in [2.45, 2.75) is 38.8 Å². The molecule has 2 aromatic heterocycles. The summed E-state index contributed by atoms with van der Waals surface area (Å²) < 4.78 is 17.4. The third-order valence-corrected chi connectivity index (χ3v) is 6.77. The summed E-state index contributed by atoms with van der Waals surface area (Å²) in [7, 11) is 0. The Bertz CT molecular complexity index is 1400. The van der Waals surface area contributed by atoms with E-state index < -0.39 is 0 Å². The molecule has 1 amide bonds. The number of amides is 1. The molecule has 0 radical (unpaired) electrons. The minimum atomic E-state index is -0.362. The number of carbonyl (C=O) groups is 1. The zero-order valence-corrected chi connectivity index (χ0v) is 19.8. The van der Waals surface area contributed by atoms with E-state index in [0.29, 0.717) is 23.0 Å². The molecule has 0 aliphatic carbocycles. The highest BCUT2D eigenvalue weighted by atomic mass is 19.1. The van der Waals surface area contributed by atoms with Crippen LogP contribution in [0.25, 0.3) is 21.8 Å². The van der Waals surface area contributed by atoms with Crippen LogP contribution in [0.15, 0.2) is 59.5 Å². The lowest BCUT2D eigenvalue weighted by Crippen LogP contribution is -2.36. The van der Waals surface area contributed by atoms with E-state index in [1.807, 2.05) is 28.8 Å². The highest BCUT2D eigenvalue weighted by Crippen LogP contribution is 2.27. The molecule has 0 spiro atoms. The number of benzene rings is 2. The normalized spacial score (nSPS) is 14.5. The topological polar surface area (TPSA) is 72.2 Å². The van der Waals surface area contributed by atoms with Gasteiger partial charge in [-0.25, -0.2) is 9.07 Å². The summed E-state index contributed by atoms with van der Waals surface area (Å²) >= 11 is 0. The van der Waals surface area contributed by atoms with Crippen LogP contribution in [0.4, 0.5) is 4.39 Å². The van der Waals surface area contributed by atoms with Gasteiger partial charge in [-0.3, -0.25) is 9.59 Å². The van der Waals surface area contributed by atoms with E-state index in [9.17, 15) is 14.0 Å². The van der Waals surface area contributed by atoms with Crippen molar-refractivity contribution in [1.29, 1.82) is 0 Å². The molecule has 1 aliphatic heterocycles. The minimum Gasteiger partial charge on any atom is -0.354 e. The lowest BCUT2D eigenvalue weighted by molar-refractivity contribution is -0.121. The summed E-state index contributed by atoms with van der Waals surface area (Å²) in [6.07, 6.45) is 6.30. The Balaban J connectivity index is 1.37. The van der Waals surface area contributed by atoms with Crippen molar-refractivity contribution in [3.63, 3.8) is 0 Å². The van der Waals surface area contributed by atoms with E-state index in [1.165, 1.54) is 30.0 Å². The third-order valence-electron chi connectivity index (χ3n) is 6.77.